The number of aromatic nitrogens is 2. The van der Waals surface area contributed by atoms with E-state index in [1.54, 1.807) is 22.0 Å². The van der Waals surface area contributed by atoms with Crippen LogP contribution in [-0.2, 0) is 6.54 Å². The van der Waals surface area contributed by atoms with Crippen LogP contribution in [0.1, 0.15) is 28.8 Å². The van der Waals surface area contributed by atoms with Crippen LogP contribution in [0.3, 0.4) is 0 Å². The third-order valence-electron chi connectivity index (χ3n) is 3.82. The van der Waals surface area contributed by atoms with Crippen molar-refractivity contribution < 1.29 is 9.90 Å². The van der Waals surface area contributed by atoms with Gasteiger partial charge in [-0.15, -0.1) is 0 Å². The van der Waals surface area contributed by atoms with E-state index in [0.717, 1.165) is 5.56 Å². The first-order valence-corrected chi connectivity index (χ1v) is 7.26. The van der Waals surface area contributed by atoms with Gasteiger partial charge >= 0.3 is 0 Å². The second-order valence-electron chi connectivity index (χ2n) is 5.44. The van der Waals surface area contributed by atoms with E-state index in [9.17, 15) is 9.90 Å². The van der Waals surface area contributed by atoms with Crippen LogP contribution < -0.4 is 0 Å². The lowest BCUT2D eigenvalue weighted by Crippen LogP contribution is -2.39. The van der Waals surface area contributed by atoms with Crippen molar-refractivity contribution in [2.24, 2.45) is 0 Å². The molecule has 1 fully saturated rings. The molecule has 3 rings (SSSR count). The molecule has 0 aliphatic carbocycles. The van der Waals surface area contributed by atoms with E-state index in [1.165, 1.54) is 0 Å². The van der Waals surface area contributed by atoms with Gasteiger partial charge in [-0.05, 0) is 18.4 Å². The minimum Gasteiger partial charge on any atom is -0.393 e. The highest BCUT2D eigenvalue weighted by Crippen LogP contribution is 2.14. The predicted molar refractivity (Wildman–Crippen MR) is 78.9 cm³/mol. The van der Waals surface area contributed by atoms with Crippen molar-refractivity contribution in [1.82, 2.24) is 14.7 Å². The summed E-state index contributed by atoms with van der Waals surface area (Å²) in [4.78, 5) is 14.2. The van der Waals surface area contributed by atoms with Crippen LogP contribution in [0.2, 0.25) is 0 Å². The van der Waals surface area contributed by atoms with E-state index < -0.39 is 0 Å². The Morgan fingerprint density at radius 3 is 2.67 bits per heavy atom. The lowest BCUT2D eigenvalue weighted by Gasteiger charge is -2.29. The Morgan fingerprint density at radius 2 is 1.95 bits per heavy atom. The quantitative estimate of drug-likeness (QED) is 0.930. The Morgan fingerprint density at radius 1 is 1.24 bits per heavy atom. The highest BCUT2D eigenvalue weighted by Gasteiger charge is 2.23. The van der Waals surface area contributed by atoms with Gasteiger partial charge in [0.25, 0.3) is 5.91 Å². The van der Waals surface area contributed by atoms with Gasteiger partial charge in [0, 0.05) is 19.3 Å². The fraction of sp³-hybridized carbons (Fsp3) is 0.375. The zero-order chi connectivity index (χ0) is 14.7. The summed E-state index contributed by atoms with van der Waals surface area (Å²) < 4.78 is 1.78. The van der Waals surface area contributed by atoms with Gasteiger partial charge in [0.05, 0.1) is 24.4 Å². The number of carbonyl (C=O) groups is 1. The van der Waals surface area contributed by atoms with E-state index in [-0.39, 0.29) is 12.0 Å². The number of aliphatic hydroxyl groups excluding tert-OH is 1. The molecular weight excluding hydrogens is 266 g/mol. The number of carbonyl (C=O) groups excluding carboxylic acids is 1. The first-order chi connectivity index (χ1) is 10.2. The number of hydrogen-bond donors (Lipinski definition) is 1. The van der Waals surface area contributed by atoms with Gasteiger partial charge in [0.2, 0.25) is 0 Å². The fourth-order valence-corrected chi connectivity index (χ4v) is 2.58. The maximum atomic E-state index is 12.4. The molecule has 0 spiro atoms. The molecule has 1 aliphatic rings. The summed E-state index contributed by atoms with van der Waals surface area (Å²) >= 11 is 0. The standard InChI is InChI=1S/C16H19N3O2/c20-15-6-8-18(9-7-15)16(21)14-10-17-19(12-14)11-13-4-2-1-3-5-13/h1-5,10,12,15,20H,6-9,11H2. The number of amides is 1. The molecule has 1 aliphatic heterocycles. The molecule has 0 radical (unpaired) electrons. The van der Waals surface area contributed by atoms with Crippen molar-refractivity contribution in [2.75, 3.05) is 13.1 Å². The van der Waals surface area contributed by atoms with Crippen LogP contribution in [0.15, 0.2) is 42.7 Å². The van der Waals surface area contributed by atoms with Gasteiger partial charge in [-0.3, -0.25) is 9.48 Å². The van der Waals surface area contributed by atoms with E-state index >= 15 is 0 Å². The molecule has 2 heterocycles. The molecule has 2 aromatic rings. The van der Waals surface area contributed by atoms with E-state index in [0.29, 0.717) is 38.0 Å². The number of rotatable bonds is 3. The van der Waals surface area contributed by atoms with Crippen molar-refractivity contribution in [1.29, 1.82) is 0 Å². The van der Waals surface area contributed by atoms with Gasteiger partial charge in [-0.2, -0.15) is 5.10 Å². The summed E-state index contributed by atoms with van der Waals surface area (Å²) in [5, 5.41) is 13.8. The first-order valence-electron chi connectivity index (χ1n) is 7.26. The van der Waals surface area contributed by atoms with Crippen molar-refractivity contribution >= 4 is 5.91 Å². The summed E-state index contributed by atoms with van der Waals surface area (Å²) in [6.07, 6.45) is 4.46. The van der Waals surface area contributed by atoms with Gasteiger partial charge in [-0.1, -0.05) is 30.3 Å². The average Bonchev–Trinajstić information content (AvgIpc) is 2.97. The molecule has 5 heteroatoms. The first kappa shape index (κ1) is 13.8. The number of nitrogens with zero attached hydrogens (tertiary/aromatic N) is 3. The Balaban J connectivity index is 1.66. The molecular formula is C16H19N3O2. The van der Waals surface area contributed by atoms with E-state index in [4.69, 9.17) is 0 Å². The van der Waals surface area contributed by atoms with Crippen LogP contribution in [0.25, 0.3) is 0 Å². The number of piperidine rings is 1. The number of aliphatic hydroxyl groups is 1. The highest BCUT2D eigenvalue weighted by molar-refractivity contribution is 5.93. The van der Waals surface area contributed by atoms with Gasteiger partial charge in [0.1, 0.15) is 0 Å². The molecule has 0 saturated carbocycles. The minimum atomic E-state index is -0.269. The van der Waals surface area contributed by atoms with Gasteiger partial charge in [-0.25, -0.2) is 0 Å². The summed E-state index contributed by atoms with van der Waals surface area (Å²) in [5.74, 6) is 0.00112. The maximum Gasteiger partial charge on any atom is 0.257 e. The molecule has 1 saturated heterocycles. The molecule has 21 heavy (non-hydrogen) atoms. The summed E-state index contributed by atoms with van der Waals surface area (Å²) in [6.45, 7) is 1.89. The average molecular weight is 285 g/mol. The lowest BCUT2D eigenvalue weighted by molar-refractivity contribution is 0.0546. The molecule has 1 N–H and O–H groups in total. The van der Waals surface area contributed by atoms with Crippen molar-refractivity contribution in [3.05, 3.63) is 53.9 Å². The molecule has 110 valence electrons. The maximum absolute atomic E-state index is 12.4. The molecule has 1 aromatic carbocycles. The Bertz CT molecular complexity index is 601. The van der Waals surface area contributed by atoms with Crippen molar-refractivity contribution in [3.8, 4) is 0 Å². The SMILES string of the molecule is O=C(c1cnn(Cc2ccccc2)c1)N1CCC(O)CC1. The molecule has 1 aromatic heterocycles. The van der Waals surface area contributed by atoms with Crippen LogP contribution in [-0.4, -0.2) is 44.9 Å². The number of likely N-dealkylation sites (tertiary alicyclic amines) is 1. The van der Waals surface area contributed by atoms with Crippen LogP contribution >= 0.6 is 0 Å². The molecule has 0 bridgehead atoms. The fourth-order valence-electron chi connectivity index (χ4n) is 2.58. The van der Waals surface area contributed by atoms with Crippen LogP contribution in [0.4, 0.5) is 0 Å². The topological polar surface area (TPSA) is 58.4 Å². The zero-order valence-corrected chi connectivity index (χ0v) is 11.9. The predicted octanol–water partition coefficient (Wildman–Crippen LogP) is 1.53. The van der Waals surface area contributed by atoms with Crippen LogP contribution in [0.5, 0.6) is 0 Å². The second-order valence-corrected chi connectivity index (χ2v) is 5.44. The highest BCUT2D eigenvalue weighted by atomic mass is 16.3. The third-order valence-corrected chi connectivity index (χ3v) is 3.82. The molecule has 1 amide bonds. The monoisotopic (exact) mass is 285 g/mol. The Hall–Kier alpha value is -2.14. The normalized spacial score (nSPS) is 16.1. The zero-order valence-electron chi connectivity index (χ0n) is 11.9. The third kappa shape index (κ3) is 3.31. The second kappa shape index (κ2) is 6.10. The minimum absolute atomic E-state index is 0.00112. The molecule has 0 unspecified atom stereocenters. The Kier molecular flexibility index (Phi) is 4.01. The number of hydrogen-bond acceptors (Lipinski definition) is 3. The summed E-state index contributed by atoms with van der Waals surface area (Å²) in [6, 6.07) is 10.0. The lowest BCUT2D eigenvalue weighted by atomic mass is 10.1. The molecule has 0 atom stereocenters. The summed E-state index contributed by atoms with van der Waals surface area (Å²) in [5.41, 5.74) is 1.77. The van der Waals surface area contributed by atoms with E-state index in [2.05, 4.69) is 5.10 Å². The van der Waals surface area contributed by atoms with Crippen molar-refractivity contribution in [2.45, 2.75) is 25.5 Å². The largest absolute Gasteiger partial charge is 0.393 e. The van der Waals surface area contributed by atoms with Gasteiger partial charge < -0.3 is 10.0 Å². The molecule has 5 nitrogen and oxygen atoms in total. The smallest absolute Gasteiger partial charge is 0.257 e. The van der Waals surface area contributed by atoms with Crippen molar-refractivity contribution in [3.63, 3.8) is 0 Å². The Labute approximate surface area is 123 Å². The van der Waals surface area contributed by atoms with Crippen LogP contribution in [0, 0.1) is 0 Å². The van der Waals surface area contributed by atoms with E-state index in [1.807, 2.05) is 30.3 Å². The summed E-state index contributed by atoms with van der Waals surface area (Å²) in [7, 11) is 0. The van der Waals surface area contributed by atoms with Gasteiger partial charge in [0.15, 0.2) is 0 Å². The number of benzene rings is 1.